The maximum absolute atomic E-state index is 10.9. The molecule has 0 spiro atoms. The molecular weight excluding hydrogens is 179 g/mol. The van der Waals surface area contributed by atoms with Gasteiger partial charge in [0.2, 0.25) is 0 Å². The molecule has 10 heavy (non-hydrogen) atoms. The van der Waals surface area contributed by atoms with Gasteiger partial charge in [-0.1, -0.05) is 0 Å². The third-order valence-corrected chi connectivity index (χ3v) is 4.93. The summed E-state index contributed by atoms with van der Waals surface area (Å²) in [7, 11) is -0.877. The van der Waals surface area contributed by atoms with Crippen LogP contribution >= 0.6 is 11.8 Å². The van der Waals surface area contributed by atoms with Crippen LogP contribution in [0.5, 0.6) is 0 Å². The Labute approximate surface area is 90.8 Å². The topological polar surface area (TPSA) is 34.1 Å². The van der Waals surface area contributed by atoms with E-state index in [1.807, 2.05) is 0 Å². The van der Waals surface area contributed by atoms with Crippen molar-refractivity contribution in [1.29, 1.82) is 0 Å². The van der Waals surface area contributed by atoms with Gasteiger partial charge in [0, 0.05) is 22.3 Å². The summed E-state index contributed by atoms with van der Waals surface area (Å²) in [5.74, 6) is 1.61. The first-order chi connectivity index (χ1) is 4.22. The normalized spacial score (nSPS) is 31.3. The van der Waals surface area contributed by atoms with Crippen LogP contribution in [0.25, 0.3) is 0 Å². The molecule has 1 rings (SSSR count). The summed E-state index contributed by atoms with van der Waals surface area (Å²) in [6, 6.07) is 0. The molecule has 1 aliphatic heterocycles. The van der Waals surface area contributed by atoms with Gasteiger partial charge in [-0.25, -0.2) is 0 Å². The van der Waals surface area contributed by atoms with Crippen molar-refractivity contribution in [2.24, 2.45) is 0 Å². The zero-order chi connectivity index (χ0) is 6.85. The molecule has 1 saturated heterocycles. The largest absolute Gasteiger partial charge is 1.00 e. The van der Waals surface area contributed by atoms with Crippen LogP contribution in [0.3, 0.4) is 0 Å². The summed E-state index contributed by atoms with van der Waals surface area (Å²) < 4.78 is 10.7. The van der Waals surface area contributed by atoms with Gasteiger partial charge in [0.25, 0.3) is 0 Å². The van der Waals surface area contributed by atoms with Crippen LogP contribution in [-0.4, -0.2) is 26.1 Å². The molecule has 0 aromatic carbocycles. The molecule has 0 saturated carbocycles. The number of carbonyl (C=O) groups is 1. The van der Waals surface area contributed by atoms with Crippen LogP contribution in [0.2, 0.25) is 0 Å². The minimum atomic E-state index is -0.877. The second-order valence-electron chi connectivity index (χ2n) is 1.90. The molecule has 0 aromatic rings. The van der Waals surface area contributed by atoms with Crippen molar-refractivity contribution in [3.63, 3.8) is 0 Å². The van der Waals surface area contributed by atoms with Crippen molar-refractivity contribution < 1.29 is 40.0 Å². The van der Waals surface area contributed by atoms with Gasteiger partial charge in [-0.15, -0.1) is 11.8 Å². The van der Waals surface area contributed by atoms with E-state index in [4.69, 9.17) is 0 Å². The Kier molecular flexibility index (Phi) is 5.51. The van der Waals surface area contributed by atoms with Gasteiger partial charge in [-0.3, -0.25) is 9.00 Å². The third kappa shape index (κ3) is 2.66. The van der Waals surface area contributed by atoms with E-state index < -0.39 is 10.8 Å². The maximum Gasteiger partial charge on any atom is 1.00 e. The van der Waals surface area contributed by atoms with Crippen LogP contribution in [0.4, 0.5) is 0 Å². The van der Waals surface area contributed by atoms with Crippen molar-refractivity contribution >= 4 is 28.3 Å². The first kappa shape index (κ1) is 11.2. The molecule has 0 bridgehead atoms. The monoisotopic (exact) mass is 188 g/mol. The summed E-state index contributed by atoms with van der Waals surface area (Å²) in [6.45, 7) is 1.50. The van der Waals surface area contributed by atoms with E-state index >= 15 is 0 Å². The van der Waals surface area contributed by atoms with Crippen LogP contribution in [0.15, 0.2) is 0 Å². The molecule has 2 unspecified atom stereocenters. The fraction of sp³-hybridized carbons (Fsp3) is 0.800. The zero-order valence-electron chi connectivity index (χ0n) is 7.12. The number of ketones is 1. The Bertz CT molecular complexity index is 165. The van der Waals surface area contributed by atoms with Crippen molar-refractivity contribution in [1.82, 2.24) is 0 Å². The van der Waals surface area contributed by atoms with Crippen molar-refractivity contribution in [2.75, 3.05) is 11.5 Å². The van der Waals surface area contributed by atoms with Crippen LogP contribution in [0.1, 0.15) is 8.35 Å². The van der Waals surface area contributed by atoms with Gasteiger partial charge in [0.15, 0.2) is 5.78 Å². The minimum absolute atomic E-state index is 0. The number of carbonyl (C=O) groups excluding carboxylic acids is 1. The number of Topliss-reactive ketones (excluding diaryl/α,β-unsaturated/α-hetero) is 1. The number of hydrogen-bond donors (Lipinski definition) is 0. The molecule has 0 aliphatic carbocycles. The summed E-state index contributed by atoms with van der Waals surface area (Å²) in [5.41, 5.74) is 0. The Morgan fingerprint density at radius 3 is 2.60 bits per heavy atom. The molecule has 1 heterocycles. The van der Waals surface area contributed by atoms with Crippen LogP contribution in [-0.2, 0) is 15.6 Å². The van der Waals surface area contributed by atoms with E-state index in [0.717, 1.165) is 5.75 Å². The fourth-order valence-corrected chi connectivity index (χ4v) is 3.98. The zero-order valence-corrected chi connectivity index (χ0v) is 9.76. The molecular formula is C5H9NaO2S2. The molecule has 1 aliphatic rings. The molecule has 0 aromatic heterocycles. The van der Waals surface area contributed by atoms with Gasteiger partial charge >= 0.3 is 29.6 Å². The van der Waals surface area contributed by atoms with E-state index in [-0.39, 0.29) is 41.3 Å². The Morgan fingerprint density at radius 1 is 1.80 bits per heavy atom. The summed E-state index contributed by atoms with van der Waals surface area (Å²) in [4.78, 5) is 10.6. The Morgan fingerprint density at radius 2 is 2.40 bits per heavy atom. The molecule has 54 valence electrons. The molecule has 2 nitrogen and oxygen atoms in total. The smallest absolute Gasteiger partial charge is 1.00 e. The molecule has 2 atom stereocenters. The van der Waals surface area contributed by atoms with Crippen LogP contribution < -0.4 is 29.6 Å². The molecule has 0 radical (unpaired) electrons. The molecule has 0 amide bonds. The van der Waals surface area contributed by atoms with Crippen molar-refractivity contribution in [3.05, 3.63) is 0 Å². The SMILES string of the molecule is CC(=O)C1SCCS1=O.[H-].[Na+]. The first-order valence-corrected chi connectivity index (χ1v) is 5.14. The van der Waals surface area contributed by atoms with E-state index in [2.05, 4.69) is 0 Å². The van der Waals surface area contributed by atoms with Crippen molar-refractivity contribution in [2.45, 2.75) is 11.5 Å². The average molecular weight is 188 g/mol. The summed E-state index contributed by atoms with van der Waals surface area (Å²) in [6.07, 6.45) is 0. The third-order valence-electron chi connectivity index (χ3n) is 1.12. The summed E-state index contributed by atoms with van der Waals surface area (Å²) >= 11 is 1.51. The molecule has 0 N–H and O–H groups in total. The van der Waals surface area contributed by atoms with Crippen LogP contribution in [0, 0.1) is 0 Å². The predicted molar refractivity (Wildman–Crippen MR) is 41.0 cm³/mol. The maximum atomic E-state index is 10.9. The quantitative estimate of drug-likeness (QED) is 0.427. The van der Waals surface area contributed by atoms with E-state index in [9.17, 15) is 9.00 Å². The fourth-order valence-electron chi connectivity index (χ4n) is 0.723. The summed E-state index contributed by atoms with van der Waals surface area (Å²) in [5, 5.41) is 0. The standard InChI is InChI=1S/C5H8O2S2.Na.H/c1-4(6)5-8-2-3-9(5)7;;/h5H,2-3H2,1H3;;/q;+1;-1. The van der Waals surface area contributed by atoms with Gasteiger partial charge in [0.1, 0.15) is 4.58 Å². The van der Waals surface area contributed by atoms with Gasteiger partial charge in [-0.2, -0.15) is 0 Å². The molecule has 1 fully saturated rings. The number of rotatable bonds is 1. The van der Waals surface area contributed by atoms with Gasteiger partial charge < -0.3 is 1.43 Å². The first-order valence-electron chi connectivity index (χ1n) is 2.71. The molecule has 5 heteroatoms. The second-order valence-corrected chi connectivity index (χ2v) is 5.05. The van der Waals surface area contributed by atoms with E-state index in [1.54, 1.807) is 0 Å². The van der Waals surface area contributed by atoms with E-state index in [1.165, 1.54) is 18.7 Å². The van der Waals surface area contributed by atoms with Gasteiger partial charge in [0.05, 0.1) is 0 Å². The minimum Gasteiger partial charge on any atom is -1.00 e. The number of thioether (sulfide) groups is 1. The predicted octanol–water partition coefficient (Wildman–Crippen LogP) is -2.49. The number of hydrogen-bond acceptors (Lipinski definition) is 3. The Balaban J connectivity index is 0. The van der Waals surface area contributed by atoms with Gasteiger partial charge in [-0.05, 0) is 6.92 Å². The van der Waals surface area contributed by atoms with E-state index in [0.29, 0.717) is 5.75 Å². The second kappa shape index (κ2) is 4.93. The van der Waals surface area contributed by atoms with Crippen molar-refractivity contribution in [3.8, 4) is 0 Å². The average Bonchev–Trinajstić information content (AvgIpc) is 2.13. The Hall–Kier alpha value is 1.17.